The minimum Gasteiger partial charge on any atom is -0.409 e. The molecule has 0 aromatic rings. The van der Waals surface area contributed by atoms with Gasteiger partial charge in [0.25, 0.3) is 0 Å². The second-order valence-electron chi connectivity index (χ2n) is 4.79. The van der Waals surface area contributed by atoms with Crippen molar-refractivity contribution in [1.29, 1.82) is 0 Å². The van der Waals surface area contributed by atoms with Crippen molar-refractivity contribution in [2.45, 2.75) is 26.2 Å². The Morgan fingerprint density at radius 2 is 2.22 bits per heavy atom. The summed E-state index contributed by atoms with van der Waals surface area (Å²) in [6.45, 7) is 3.49. The summed E-state index contributed by atoms with van der Waals surface area (Å²) < 4.78 is 5.01. The van der Waals surface area contributed by atoms with Crippen molar-refractivity contribution >= 4 is 11.7 Å². The Morgan fingerprint density at radius 1 is 1.56 bits per heavy atom. The molecule has 0 aromatic heterocycles. The van der Waals surface area contributed by atoms with E-state index in [-0.39, 0.29) is 17.7 Å². The van der Waals surface area contributed by atoms with E-state index in [0.29, 0.717) is 32.0 Å². The van der Waals surface area contributed by atoms with Gasteiger partial charge >= 0.3 is 0 Å². The molecule has 0 bridgehead atoms. The molecule has 1 aliphatic rings. The zero-order valence-electron chi connectivity index (χ0n) is 11.1. The van der Waals surface area contributed by atoms with Gasteiger partial charge in [0.2, 0.25) is 5.91 Å². The molecule has 0 saturated heterocycles. The number of amides is 1. The minimum absolute atomic E-state index is 0.0640. The average molecular weight is 257 g/mol. The molecular weight excluding hydrogens is 234 g/mol. The molecular formula is C12H23N3O3. The van der Waals surface area contributed by atoms with Crippen molar-refractivity contribution in [2.75, 3.05) is 26.8 Å². The highest BCUT2D eigenvalue weighted by Crippen LogP contribution is 2.37. The number of carbonyl (C=O) groups excluding carboxylic acids is 1. The second-order valence-corrected chi connectivity index (χ2v) is 4.79. The maximum Gasteiger partial charge on any atom is 0.225 e. The van der Waals surface area contributed by atoms with Crippen molar-refractivity contribution in [2.24, 2.45) is 22.7 Å². The molecule has 0 heterocycles. The van der Waals surface area contributed by atoms with Gasteiger partial charge in [0.05, 0.1) is 6.61 Å². The Bertz CT molecular complexity index is 303. The summed E-state index contributed by atoms with van der Waals surface area (Å²) in [5, 5.41) is 11.4. The third kappa shape index (κ3) is 4.52. The number of rotatable bonds is 8. The summed E-state index contributed by atoms with van der Waals surface area (Å²) >= 11 is 0. The molecule has 1 aliphatic carbocycles. The zero-order chi connectivity index (χ0) is 13.5. The molecule has 1 atom stereocenters. The van der Waals surface area contributed by atoms with Gasteiger partial charge < -0.3 is 20.6 Å². The summed E-state index contributed by atoms with van der Waals surface area (Å²) in [5.41, 5.74) is 5.43. The molecule has 0 aromatic carbocycles. The molecule has 0 spiro atoms. The lowest BCUT2D eigenvalue weighted by Gasteiger charge is -2.25. The van der Waals surface area contributed by atoms with Gasteiger partial charge in [-0.05, 0) is 18.8 Å². The first kappa shape index (κ1) is 14.8. The van der Waals surface area contributed by atoms with E-state index in [4.69, 9.17) is 15.7 Å². The van der Waals surface area contributed by atoms with Crippen LogP contribution < -0.4 is 5.73 Å². The lowest BCUT2D eigenvalue weighted by Crippen LogP contribution is -2.40. The number of oxime groups is 1. The van der Waals surface area contributed by atoms with E-state index in [1.807, 2.05) is 6.92 Å². The van der Waals surface area contributed by atoms with Gasteiger partial charge in [0, 0.05) is 32.5 Å². The molecule has 1 fully saturated rings. The van der Waals surface area contributed by atoms with Gasteiger partial charge in [-0.15, -0.1) is 0 Å². The van der Waals surface area contributed by atoms with E-state index >= 15 is 0 Å². The number of methoxy groups -OCH3 is 1. The van der Waals surface area contributed by atoms with E-state index in [2.05, 4.69) is 5.16 Å². The number of hydrogen-bond acceptors (Lipinski definition) is 4. The highest BCUT2D eigenvalue weighted by atomic mass is 16.5. The first-order valence-electron chi connectivity index (χ1n) is 6.34. The molecule has 6 nitrogen and oxygen atoms in total. The summed E-state index contributed by atoms with van der Waals surface area (Å²) in [6, 6.07) is 0. The Morgan fingerprint density at radius 3 is 2.72 bits per heavy atom. The number of hydrogen-bond donors (Lipinski definition) is 2. The van der Waals surface area contributed by atoms with Crippen molar-refractivity contribution < 1.29 is 14.7 Å². The highest BCUT2D eigenvalue weighted by Gasteiger charge is 2.34. The van der Waals surface area contributed by atoms with Gasteiger partial charge in [0.1, 0.15) is 5.84 Å². The molecule has 0 radical (unpaired) electrons. The third-order valence-corrected chi connectivity index (χ3v) is 3.36. The molecule has 6 heteroatoms. The normalized spacial score (nSPS) is 17.6. The lowest BCUT2D eigenvalue weighted by atomic mass is 10.0. The quantitative estimate of drug-likeness (QED) is 0.289. The number of nitrogens with zero attached hydrogens (tertiary/aromatic N) is 2. The summed E-state index contributed by atoms with van der Waals surface area (Å²) in [5.74, 6) is 0.880. The third-order valence-electron chi connectivity index (χ3n) is 3.36. The number of nitrogens with two attached hydrogens (primary N) is 1. The minimum atomic E-state index is 0.0640. The molecule has 1 rings (SSSR count). The van der Waals surface area contributed by atoms with Crippen molar-refractivity contribution in [1.82, 2.24) is 4.90 Å². The van der Waals surface area contributed by atoms with Gasteiger partial charge in [0.15, 0.2) is 0 Å². The Hall–Kier alpha value is -1.30. The van der Waals surface area contributed by atoms with Gasteiger partial charge in [-0.2, -0.15) is 0 Å². The summed E-state index contributed by atoms with van der Waals surface area (Å²) in [4.78, 5) is 14.0. The maximum absolute atomic E-state index is 12.3. The van der Waals surface area contributed by atoms with Gasteiger partial charge in [-0.3, -0.25) is 4.79 Å². The van der Waals surface area contributed by atoms with Crippen LogP contribution in [0.3, 0.4) is 0 Å². The van der Waals surface area contributed by atoms with Crippen LogP contribution in [0.1, 0.15) is 26.2 Å². The number of amidine groups is 1. The van der Waals surface area contributed by atoms with E-state index in [1.165, 1.54) is 0 Å². The largest absolute Gasteiger partial charge is 0.409 e. The van der Waals surface area contributed by atoms with Crippen LogP contribution in [0.5, 0.6) is 0 Å². The van der Waals surface area contributed by atoms with Crippen LogP contribution in [0.2, 0.25) is 0 Å². The van der Waals surface area contributed by atoms with E-state index in [1.54, 1.807) is 12.0 Å². The smallest absolute Gasteiger partial charge is 0.225 e. The first-order chi connectivity index (χ1) is 8.60. The SMILES string of the molecule is COCCN(CCC(N)=NO)C(=O)C(C)C1CC1. The summed E-state index contributed by atoms with van der Waals surface area (Å²) in [6.07, 6.45) is 2.67. The molecule has 18 heavy (non-hydrogen) atoms. The standard InChI is InChI=1S/C12H23N3O3/c1-9(10-3-4-10)12(16)15(7-8-18-2)6-5-11(13)14-17/h9-10,17H,3-8H2,1-2H3,(H2,13,14). The molecule has 1 amide bonds. The van der Waals surface area contributed by atoms with Crippen molar-refractivity contribution in [3.8, 4) is 0 Å². The molecule has 1 unspecified atom stereocenters. The molecule has 0 aliphatic heterocycles. The fraction of sp³-hybridized carbons (Fsp3) is 0.833. The fourth-order valence-corrected chi connectivity index (χ4v) is 1.92. The molecule has 1 saturated carbocycles. The topological polar surface area (TPSA) is 88.2 Å². The predicted molar refractivity (Wildman–Crippen MR) is 68.4 cm³/mol. The van der Waals surface area contributed by atoms with Crippen LogP contribution in [0, 0.1) is 11.8 Å². The summed E-state index contributed by atoms with van der Waals surface area (Å²) in [7, 11) is 1.61. The highest BCUT2D eigenvalue weighted by molar-refractivity contribution is 5.82. The van der Waals surface area contributed by atoms with Crippen LogP contribution >= 0.6 is 0 Å². The maximum atomic E-state index is 12.3. The van der Waals surface area contributed by atoms with Crippen molar-refractivity contribution in [3.05, 3.63) is 0 Å². The van der Waals surface area contributed by atoms with Crippen molar-refractivity contribution in [3.63, 3.8) is 0 Å². The Labute approximate surface area is 108 Å². The number of ether oxygens (including phenoxy) is 1. The first-order valence-corrected chi connectivity index (χ1v) is 6.34. The number of carbonyl (C=O) groups is 1. The lowest BCUT2D eigenvalue weighted by molar-refractivity contribution is -0.136. The van der Waals surface area contributed by atoms with E-state index < -0.39 is 0 Å². The van der Waals surface area contributed by atoms with Crippen LogP contribution in [-0.4, -0.2) is 48.7 Å². The Kier molecular flexibility index (Phi) is 5.91. The monoisotopic (exact) mass is 257 g/mol. The van der Waals surface area contributed by atoms with Crippen LogP contribution in [0.4, 0.5) is 0 Å². The van der Waals surface area contributed by atoms with E-state index in [9.17, 15) is 4.79 Å². The predicted octanol–water partition coefficient (Wildman–Crippen LogP) is 0.644. The zero-order valence-corrected chi connectivity index (χ0v) is 11.1. The fourth-order valence-electron chi connectivity index (χ4n) is 1.92. The van der Waals surface area contributed by atoms with Crippen LogP contribution in [0.15, 0.2) is 5.16 Å². The van der Waals surface area contributed by atoms with Gasteiger partial charge in [-0.1, -0.05) is 12.1 Å². The van der Waals surface area contributed by atoms with E-state index in [0.717, 1.165) is 12.8 Å². The van der Waals surface area contributed by atoms with Gasteiger partial charge in [-0.25, -0.2) is 0 Å². The molecule has 104 valence electrons. The van der Waals surface area contributed by atoms with Crippen LogP contribution in [-0.2, 0) is 9.53 Å². The second kappa shape index (κ2) is 7.20. The molecule has 3 N–H and O–H groups in total. The van der Waals surface area contributed by atoms with Crippen LogP contribution in [0.25, 0.3) is 0 Å². The average Bonchev–Trinajstić information content (AvgIpc) is 3.21. The Balaban J connectivity index is 2.49.